The number of rotatable bonds is 7. The van der Waals surface area contributed by atoms with Gasteiger partial charge in [0.25, 0.3) is 0 Å². The molecule has 0 aliphatic rings. The summed E-state index contributed by atoms with van der Waals surface area (Å²) in [5.41, 5.74) is 4.35. The van der Waals surface area contributed by atoms with E-state index in [2.05, 4.69) is 5.32 Å². The fraction of sp³-hybridized carbons (Fsp3) is 0.462. The summed E-state index contributed by atoms with van der Waals surface area (Å²) in [6.45, 7) is 3.64. The molecule has 6 heteroatoms. The number of halogens is 1. The van der Waals surface area contributed by atoms with Crippen LogP contribution in [0, 0.1) is 0 Å². The number of benzene rings is 1. The molecule has 0 aliphatic carbocycles. The van der Waals surface area contributed by atoms with Crippen LogP contribution in [0.3, 0.4) is 0 Å². The molecule has 1 rings (SSSR count). The first kappa shape index (κ1) is 15.8. The highest BCUT2D eigenvalue weighted by Gasteiger charge is 2.24. The topological polar surface area (TPSA) is 84.6 Å². The Morgan fingerprint density at radius 3 is 2.58 bits per heavy atom. The second kappa shape index (κ2) is 6.75. The second-order valence-corrected chi connectivity index (χ2v) is 5.23. The molecule has 0 spiro atoms. The number of primary amides is 1. The van der Waals surface area contributed by atoms with Gasteiger partial charge in [0.05, 0.1) is 5.54 Å². The maximum absolute atomic E-state index is 11.1. The number of β-amino-alcohol motifs (C(OH)–C–C–N with tert-alkyl or cyclic N) is 1. The van der Waals surface area contributed by atoms with E-state index in [9.17, 15) is 9.90 Å². The normalized spacial score (nSPS) is 13.1. The van der Waals surface area contributed by atoms with Crippen LogP contribution < -0.4 is 15.8 Å². The molecule has 1 amide bonds. The third kappa shape index (κ3) is 5.46. The maximum atomic E-state index is 11.1. The van der Waals surface area contributed by atoms with E-state index in [1.165, 1.54) is 0 Å². The number of carbonyl (C=O) groups excluding carboxylic acids is 1. The molecule has 106 valence electrons. The number of aliphatic hydroxyl groups is 1. The number of amides is 1. The fourth-order valence-electron chi connectivity index (χ4n) is 1.24. The van der Waals surface area contributed by atoms with Crippen LogP contribution in [-0.2, 0) is 4.79 Å². The summed E-state index contributed by atoms with van der Waals surface area (Å²) in [4.78, 5) is 11.1. The Hall–Kier alpha value is -1.30. The fourth-order valence-corrected chi connectivity index (χ4v) is 1.37. The lowest BCUT2D eigenvalue weighted by molar-refractivity contribution is -0.123. The summed E-state index contributed by atoms with van der Waals surface area (Å²) in [6.07, 6.45) is -0.741. The SMILES string of the molecule is CC(C)(NCC(O)COc1ccc(Cl)cc1)C(N)=O. The summed E-state index contributed by atoms with van der Waals surface area (Å²) in [6, 6.07) is 6.85. The van der Waals surface area contributed by atoms with Gasteiger partial charge in [0.15, 0.2) is 0 Å². The highest BCUT2D eigenvalue weighted by atomic mass is 35.5. The molecule has 0 radical (unpaired) electrons. The van der Waals surface area contributed by atoms with Gasteiger partial charge in [-0.15, -0.1) is 0 Å². The molecule has 1 atom stereocenters. The molecule has 1 aromatic carbocycles. The zero-order valence-electron chi connectivity index (χ0n) is 11.0. The van der Waals surface area contributed by atoms with Gasteiger partial charge < -0.3 is 20.9 Å². The Bertz CT molecular complexity index is 420. The van der Waals surface area contributed by atoms with Gasteiger partial charge in [-0.1, -0.05) is 11.6 Å². The van der Waals surface area contributed by atoms with Crippen molar-refractivity contribution in [1.29, 1.82) is 0 Å². The average molecular weight is 287 g/mol. The van der Waals surface area contributed by atoms with Crippen LogP contribution in [0.4, 0.5) is 0 Å². The molecular formula is C13H19ClN2O3. The van der Waals surface area contributed by atoms with Gasteiger partial charge in [0.1, 0.15) is 18.5 Å². The molecule has 0 saturated heterocycles. The van der Waals surface area contributed by atoms with Crippen molar-refractivity contribution < 1.29 is 14.6 Å². The van der Waals surface area contributed by atoms with Crippen molar-refractivity contribution in [2.45, 2.75) is 25.5 Å². The van der Waals surface area contributed by atoms with E-state index < -0.39 is 17.6 Å². The predicted octanol–water partition coefficient (Wildman–Crippen LogP) is 0.933. The molecule has 0 aliphatic heterocycles. The zero-order chi connectivity index (χ0) is 14.5. The summed E-state index contributed by atoms with van der Waals surface area (Å²) in [5.74, 6) is 0.149. The molecule has 0 saturated carbocycles. The largest absolute Gasteiger partial charge is 0.491 e. The quantitative estimate of drug-likeness (QED) is 0.696. The van der Waals surface area contributed by atoms with Crippen LogP contribution in [-0.4, -0.2) is 35.8 Å². The number of hydrogen-bond donors (Lipinski definition) is 3. The summed E-state index contributed by atoms with van der Waals surface area (Å²) in [5, 5.41) is 13.2. The number of aliphatic hydroxyl groups excluding tert-OH is 1. The first-order chi connectivity index (χ1) is 8.81. The number of ether oxygens (including phenoxy) is 1. The number of nitrogens with two attached hydrogens (primary N) is 1. The molecule has 19 heavy (non-hydrogen) atoms. The van der Waals surface area contributed by atoms with E-state index in [-0.39, 0.29) is 13.2 Å². The summed E-state index contributed by atoms with van der Waals surface area (Å²) in [7, 11) is 0. The molecule has 0 bridgehead atoms. The van der Waals surface area contributed by atoms with Crippen molar-refractivity contribution in [3.63, 3.8) is 0 Å². The van der Waals surface area contributed by atoms with Gasteiger partial charge in [-0.3, -0.25) is 4.79 Å². The van der Waals surface area contributed by atoms with Gasteiger partial charge in [0, 0.05) is 11.6 Å². The van der Waals surface area contributed by atoms with Crippen molar-refractivity contribution in [2.75, 3.05) is 13.2 Å². The van der Waals surface area contributed by atoms with Crippen molar-refractivity contribution in [2.24, 2.45) is 5.73 Å². The molecule has 1 aromatic rings. The molecule has 0 aromatic heterocycles. The smallest absolute Gasteiger partial charge is 0.237 e. The van der Waals surface area contributed by atoms with Gasteiger partial charge in [0.2, 0.25) is 5.91 Å². The third-order valence-electron chi connectivity index (χ3n) is 2.65. The van der Waals surface area contributed by atoms with E-state index in [0.29, 0.717) is 10.8 Å². The lowest BCUT2D eigenvalue weighted by atomic mass is 10.1. The maximum Gasteiger partial charge on any atom is 0.237 e. The van der Waals surface area contributed by atoms with E-state index in [4.69, 9.17) is 22.1 Å². The Kier molecular flexibility index (Phi) is 5.60. The monoisotopic (exact) mass is 286 g/mol. The summed E-state index contributed by atoms with van der Waals surface area (Å²) >= 11 is 5.75. The standard InChI is InChI=1S/C13H19ClN2O3/c1-13(2,12(15)18)16-7-10(17)8-19-11-5-3-9(14)4-6-11/h3-6,10,16-17H,7-8H2,1-2H3,(H2,15,18). The summed E-state index contributed by atoms with van der Waals surface area (Å²) < 4.78 is 5.38. The Morgan fingerprint density at radius 1 is 1.47 bits per heavy atom. The molecular weight excluding hydrogens is 268 g/mol. The number of hydrogen-bond acceptors (Lipinski definition) is 4. The van der Waals surface area contributed by atoms with Crippen LogP contribution >= 0.6 is 11.6 Å². The first-order valence-electron chi connectivity index (χ1n) is 5.92. The van der Waals surface area contributed by atoms with Gasteiger partial charge in [-0.2, -0.15) is 0 Å². The predicted molar refractivity (Wildman–Crippen MR) is 74.2 cm³/mol. The minimum atomic E-state index is -0.860. The van der Waals surface area contributed by atoms with E-state index >= 15 is 0 Å². The van der Waals surface area contributed by atoms with Gasteiger partial charge in [-0.25, -0.2) is 0 Å². The molecule has 1 unspecified atom stereocenters. The van der Waals surface area contributed by atoms with Crippen LogP contribution in [0.1, 0.15) is 13.8 Å². The van der Waals surface area contributed by atoms with Gasteiger partial charge >= 0.3 is 0 Å². The first-order valence-corrected chi connectivity index (χ1v) is 6.30. The second-order valence-electron chi connectivity index (χ2n) is 4.79. The molecule has 5 nitrogen and oxygen atoms in total. The van der Waals surface area contributed by atoms with Crippen LogP contribution in [0.15, 0.2) is 24.3 Å². The van der Waals surface area contributed by atoms with Crippen molar-refractivity contribution >= 4 is 17.5 Å². The van der Waals surface area contributed by atoms with E-state index in [1.807, 2.05) is 0 Å². The van der Waals surface area contributed by atoms with Crippen molar-refractivity contribution in [3.8, 4) is 5.75 Å². The minimum Gasteiger partial charge on any atom is -0.491 e. The average Bonchev–Trinajstić information content (AvgIpc) is 2.35. The number of carbonyl (C=O) groups is 1. The number of nitrogens with one attached hydrogen (secondary N) is 1. The van der Waals surface area contributed by atoms with E-state index in [1.54, 1.807) is 38.1 Å². The minimum absolute atomic E-state index is 0.115. The highest BCUT2D eigenvalue weighted by molar-refractivity contribution is 6.30. The molecule has 0 fully saturated rings. The molecule has 4 N–H and O–H groups in total. The van der Waals surface area contributed by atoms with Crippen LogP contribution in [0.25, 0.3) is 0 Å². The lowest BCUT2D eigenvalue weighted by Gasteiger charge is -2.24. The Morgan fingerprint density at radius 2 is 2.05 bits per heavy atom. The van der Waals surface area contributed by atoms with Crippen LogP contribution in [0.2, 0.25) is 5.02 Å². The Labute approximate surface area is 117 Å². The van der Waals surface area contributed by atoms with Crippen molar-refractivity contribution in [1.82, 2.24) is 5.32 Å². The van der Waals surface area contributed by atoms with Crippen LogP contribution in [0.5, 0.6) is 5.75 Å². The van der Waals surface area contributed by atoms with E-state index in [0.717, 1.165) is 0 Å². The third-order valence-corrected chi connectivity index (χ3v) is 2.90. The zero-order valence-corrected chi connectivity index (χ0v) is 11.8. The van der Waals surface area contributed by atoms with Gasteiger partial charge in [-0.05, 0) is 38.1 Å². The van der Waals surface area contributed by atoms with Crippen molar-refractivity contribution in [3.05, 3.63) is 29.3 Å². The Balaban J connectivity index is 2.34. The highest BCUT2D eigenvalue weighted by Crippen LogP contribution is 2.15. The lowest BCUT2D eigenvalue weighted by Crippen LogP contribution is -2.53. The molecule has 0 heterocycles.